The van der Waals surface area contributed by atoms with Crippen molar-refractivity contribution in [1.29, 1.82) is 0 Å². The van der Waals surface area contributed by atoms with E-state index in [4.69, 9.17) is 16.3 Å². The van der Waals surface area contributed by atoms with E-state index >= 15 is 0 Å². The van der Waals surface area contributed by atoms with Gasteiger partial charge in [0.1, 0.15) is 0 Å². The first-order valence-electron chi connectivity index (χ1n) is 5.51. The fourth-order valence-electron chi connectivity index (χ4n) is 2.91. The SMILES string of the molecule is CC1C(Cl)CCC1C1CCCOC1. The molecule has 0 aromatic heterocycles. The Hall–Kier alpha value is 0.250. The van der Waals surface area contributed by atoms with Crippen LogP contribution in [0.25, 0.3) is 0 Å². The van der Waals surface area contributed by atoms with Crippen LogP contribution in [0.4, 0.5) is 0 Å². The summed E-state index contributed by atoms with van der Waals surface area (Å²) in [7, 11) is 0. The maximum atomic E-state index is 6.24. The molecule has 13 heavy (non-hydrogen) atoms. The topological polar surface area (TPSA) is 9.23 Å². The van der Waals surface area contributed by atoms with Gasteiger partial charge in [-0.2, -0.15) is 0 Å². The Morgan fingerprint density at radius 1 is 1.23 bits per heavy atom. The van der Waals surface area contributed by atoms with Crippen LogP contribution < -0.4 is 0 Å². The van der Waals surface area contributed by atoms with Gasteiger partial charge in [0.15, 0.2) is 0 Å². The minimum Gasteiger partial charge on any atom is -0.381 e. The molecule has 1 aliphatic heterocycles. The lowest BCUT2D eigenvalue weighted by Gasteiger charge is -2.30. The highest BCUT2D eigenvalue weighted by molar-refractivity contribution is 6.20. The summed E-state index contributed by atoms with van der Waals surface area (Å²) >= 11 is 6.24. The van der Waals surface area contributed by atoms with E-state index in [1.54, 1.807) is 0 Å². The molecule has 1 aliphatic carbocycles. The summed E-state index contributed by atoms with van der Waals surface area (Å²) in [6.45, 7) is 4.27. The van der Waals surface area contributed by atoms with E-state index in [9.17, 15) is 0 Å². The maximum absolute atomic E-state index is 6.24. The summed E-state index contributed by atoms with van der Waals surface area (Å²) < 4.78 is 5.53. The molecule has 0 aromatic rings. The van der Waals surface area contributed by atoms with Crippen LogP contribution in [0.3, 0.4) is 0 Å². The zero-order valence-electron chi connectivity index (χ0n) is 8.34. The van der Waals surface area contributed by atoms with Crippen LogP contribution >= 0.6 is 11.6 Å². The lowest BCUT2D eigenvalue weighted by molar-refractivity contribution is 0.0239. The number of hydrogen-bond donors (Lipinski definition) is 0. The number of ether oxygens (including phenoxy) is 1. The molecular weight excluding hydrogens is 184 g/mol. The molecule has 0 amide bonds. The molecule has 1 saturated carbocycles. The number of rotatable bonds is 1. The average Bonchev–Trinajstić information content (AvgIpc) is 2.49. The molecule has 2 heteroatoms. The van der Waals surface area contributed by atoms with Crippen molar-refractivity contribution in [1.82, 2.24) is 0 Å². The van der Waals surface area contributed by atoms with Crippen molar-refractivity contribution in [2.75, 3.05) is 13.2 Å². The van der Waals surface area contributed by atoms with Gasteiger partial charge in [-0.1, -0.05) is 6.92 Å². The van der Waals surface area contributed by atoms with Crippen LogP contribution in [0, 0.1) is 17.8 Å². The Balaban J connectivity index is 1.92. The summed E-state index contributed by atoms with van der Waals surface area (Å²) in [4.78, 5) is 0. The normalized spacial score (nSPS) is 46.6. The van der Waals surface area contributed by atoms with E-state index in [0.29, 0.717) is 11.3 Å². The molecule has 0 aromatic carbocycles. The van der Waals surface area contributed by atoms with Crippen molar-refractivity contribution in [2.45, 2.75) is 38.0 Å². The minimum absolute atomic E-state index is 0.423. The summed E-state index contributed by atoms with van der Waals surface area (Å²) in [6, 6.07) is 0. The van der Waals surface area contributed by atoms with E-state index in [-0.39, 0.29) is 0 Å². The molecule has 4 atom stereocenters. The molecular formula is C11H19ClO. The highest BCUT2D eigenvalue weighted by atomic mass is 35.5. The van der Waals surface area contributed by atoms with Crippen LogP contribution in [-0.4, -0.2) is 18.6 Å². The summed E-state index contributed by atoms with van der Waals surface area (Å²) in [5.74, 6) is 2.34. The van der Waals surface area contributed by atoms with E-state index in [1.165, 1.54) is 25.7 Å². The second-order valence-corrected chi connectivity index (χ2v) is 5.15. The van der Waals surface area contributed by atoms with E-state index < -0.39 is 0 Å². The molecule has 0 radical (unpaired) electrons. The first-order chi connectivity index (χ1) is 6.29. The number of alkyl halides is 1. The van der Waals surface area contributed by atoms with Gasteiger partial charge >= 0.3 is 0 Å². The van der Waals surface area contributed by atoms with Crippen molar-refractivity contribution in [3.8, 4) is 0 Å². The second kappa shape index (κ2) is 4.18. The van der Waals surface area contributed by atoms with Crippen molar-refractivity contribution in [3.63, 3.8) is 0 Å². The average molecular weight is 203 g/mol. The van der Waals surface area contributed by atoms with Gasteiger partial charge in [0.2, 0.25) is 0 Å². The molecule has 76 valence electrons. The smallest absolute Gasteiger partial charge is 0.0497 e. The zero-order valence-corrected chi connectivity index (χ0v) is 9.09. The molecule has 1 nitrogen and oxygen atoms in total. The Labute approximate surface area is 85.8 Å². The van der Waals surface area contributed by atoms with Gasteiger partial charge in [0.25, 0.3) is 0 Å². The van der Waals surface area contributed by atoms with Crippen molar-refractivity contribution >= 4 is 11.6 Å². The van der Waals surface area contributed by atoms with Crippen LogP contribution in [0.5, 0.6) is 0 Å². The minimum atomic E-state index is 0.423. The van der Waals surface area contributed by atoms with Crippen LogP contribution in [-0.2, 0) is 4.74 Å². The maximum Gasteiger partial charge on any atom is 0.0497 e. The molecule has 1 heterocycles. The number of hydrogen-bond acceptors (Lipinski definition) is 1. The fraction of sp³-hybridized carbons (Fsp3) is 1.00. The van der Waals surface area contributed by atoms with E-state index in [1.807, 2.05) is 0 Å². The summed E-state index contributed by atoms with van der Waals surface area (Å²) in [5, 5.41) is 0.423. The van der Waals surface area contributed by atoms with Crippen molar-refractivity contribution in [2.24, 2.45) is 17.8 Å². The molecule has 2 rings (SSSR count). The molecule has 0 spiro atoms. The van der Waals surface area contributed by atoms with Crippen molar-refractivity contribution in [3.05, 3.63) is 0 Å². The lowest BCUT2D eigenvalue weighted by atomic mass is 9.82. The van der Waals surface area contributed by atoms with Gasteiger partial charge in [-0.25, -0.2) is 0 Å². The zero-order chi connectivity index (χ0) is 9.26. The third kappa shape index (κ3) is 2.02. The van der Waals surface area contributed by atoms with Crippen LogP contribution in [0.1, 0.15) is 32.6 Å². The Kier molecular flexibility index (Phi) is 3.15. The summed E-state index contributed by atoms with van der Waals surface area (Å²) in [6.07, 6.45) is 5.15. The van der Waals surface area contributed by atoms with Gasteiger partial charge in [0, 0.05) is 18.6 Å². The monoisotopic (exact) mass is 202 g/mol. The highest BCUT2D eigenvalue weighted by Crippen LogP contribution is 2.42. The Morgan fingerprint density at radius 3 is 2.62 bits per heavy atom. The molecule has 2 aliphatic rings. The molecule has 0 N–H and O–H groups in total. The predicted molar refractivity (Wildman–Crippen MR) is 55.1 cm³/mol. The molecule has 2 fully saturated rings. The quantitative estimate of drug-likeness (QED) is 0.594. The lowest BCUT2D eigenvalue weighted by Crippen LogP contribution is -2.27. The molecule has 1 saturated heterocycles. The van der Waals surface area contributed by atoms with Gasteiger partial charge in [-0.3, -0.25) is 0 Å². The third-order valence-electron chi connectivity index (χ3n) is 3.82. The predicted octanol–water partition coefficient (Wildman–Crippen LogP) is 3.07. The van der Waals surface area contributed by atoms with Crippen molar-refractivity contribution < 1.29 is 4.74 Å². The third-order valence-corrected chi connectivity index (χ3v) is 4.44. The standard InChI is InChI=1S/C11H19ClO/c1-8-10(4-5-11(8)12)9-3-2-6-13-7-9/h8-11H,2-7H2,1H3. The molecule has 0 bridgehead atoms. The molecule has 4 unspecified atom stereocenters. The second-order valence-electron chi connectivity index (χ2n) is 4.59. The van der Waals surface area contributed by atoms with Gasteiger partial charge in [0.05, 0.1) is 0 Å². The summed E-state index contributed by atoms with van der Waals surface area (Å²) in [5.41, 5.74) is 0. The Morgan fingerprint density at radius 2 is 2.08 bits per heavy atom. The van der Waals surface area contributed by atoms with Gasteiger partial charge in [-0.05, 0) is 43.4 Å². The number of halogens is 1. The first-order valence-corrected chi connectivity index (χ1v) is 5.94. The first kappa shape index (κ1) is 9.79. The largest absolute Gasteiger partial charge is 0.381 e. The van der Waals surface area contributed by atoms with Crippen LogP contribution in [0.2, 0.25) is 0 Å². The van der Waals surface area contributed by atoms with Gasteiger partial charge in [-0.15, -0.1) is 11.6 Å². The highest BCUT2D eigenvalue weighted by Gasteiger charge is 2.36. The fourth-order valence-corrected chi connectivity index (χ4v) is 3.23. The Bertz CT molecular complexity index is 165. The van der Waals surface area contributed by atoms with E-state index in [0.717, 1.165) is 25.0 Å². The van der Waals surface area contributed by atoms with Crippen LogP contribution in [0.15, 0.2) is 0 Å². The van der Waals surface area contributed by atoms with Gasteiger partial charge < -0.3 is 4.74 Å². The van der Waals surface area contributed by atoms with E-state index in [2.05, 4.69) is 6.92 Å².